The number of fused-ring (bicyclic) bond motifs is 1. The molecule has 0 aliphatic rings. The topological polar surface area (TPSA) is 50.2 Å². The predicted octanol–water partition coefficient (Wildman–Crippen LogP) is 3.83. The van der Waals surface area contributed by atoms with E-state index in [4.69, 9.17) is 0 Å². The predicted molar refractivity (Wildman–Crippen MR) is 80.8 cm³/mol. The van der Waals surface area contributed by atoms with Crippen LogP contribution in [0.4, 0.5) is 0 Å². The first-order valence-electron chi connectivity index (χ1n) is 6.87. The lowest BCUT2D eigenvalue weighted by atomic mass is 9.77. The number of carbonyl (C=O) groups is 1. The molecule has 1 heterocycles. The van der Waals surface area contributed by atoms with Crippen LogP contribution >= 0.6 is 0 Å². The summed E-state index contributed by atoms with van der Waals surface area (Å²) in [5.41, 5.74) is 2.65. The van der Waals surface area contributed by atoms with Crippen LogP contribution in [0.3, 0.4) is 0 Å². The fourth-order valence-electron chi connectivity index (χ4n) is 2.55. The lowest BCUT2D eigenvalue weighted by Crippen LogP contribution is -2.30. The normalized spacial score (nSPS) is 13.4. The van der Waals surface area contributed by atoms with Crippen molar-refractivity contribution in [3.05, 3.63) is 41.6 Å². The van der Waals surface area contributed by atoms with Crippen molar-refractivity contribution < 1.29 is 9.90 Å². The molecule has 0 saturated carbocycles. The summed E-state index contributed by atoms with van der Waals surface area (Å²) in [6, 6.07) is 9.91. The van der Waals surface area contributed by atoms with E-state index in [1.807, 2.05) is 58.0 Å². The maximum atomic E-state index is 11.6. The van der Waals surface area contributed by atoms with Crippen LogP contribution in [-0.4, -0.2) is 16.1 Å². The van der Waals surface area contributed by atoms with Crippen LogP contribution in [0.5, 0.6) is 0 Å². The second-order valence-corrected chi connectivity index (χ2v) is 6.40. The molecule has 20 heavy (non-hydrogen) atoms. The number of pyridine rings is 1. The molecule has 0 spiro atoms. The van der Waals surface area contributed by atoms with Gasteiger partial charge >= 0.3 is 5.97 Å². The fraction of sp³-hybridized carbons (Fsp3) is 0.412. The third kappa shape index (κ3) is 2.98. The summed E-state index contributed by atoms with van der Waals surface area (Å²) in [5, 5.41) is 10.5. The Morgan fingerprint density at radius 3 is 2.55 bits per heavy atom. The van der Waals surface area contributed by atoms with E-state index >= 15 is 0 Å². The summed E-state index contributed by atoms with van der Waals surface area (Å²) in [6.07, 6.45) is 0.530. The zero-order valence-electron chi connectivity index (χ0n) is 12.5. The molecule has 1 N–H and O–H groups in total. The van der Waals surface area contributed by atoms with Crippen LogP contribution in [0.1, 0.15) is 32.0 Å². The summed E-state index contributed by atoms with van der Waals surface area (Å²) in [5.74, 6) is -1.15. The lowest BCUT2D eigenvalue weighted by molar-refractivity contribution is -0.145. The lowest BCUT2D eigenvalue weighted by Gasteiger charge is -2.27. The van der Waals surface area contributed by atoms with E-state index in [0.29, 0.717) is 6.42 Å². The zero-order chi connectivity index (χ0) is 14.9. The van der Waals surface area contributed by atoms with E-state index in [9.17, 15) is 9.90 Å². The average molecular weight is 271 g/mol. The molecule has 0 amide bonds. The number of carboxylic acid groups (broad SMARTS) is 1. The van der Waals surface area contributed by atoms with Gasteiger partial charge in [0.15, 0.2) is 0 Å². The average Bonchev–Trinajstić information content (AvgIpc) is 2.33. The Morgan fingerprint density at radius 2 is 1.95 bits per heavy atom. The molecule has 0 bridgehead atoms. The molecular weight excluding hydrogens is 250 g/mol. The Kier molecular flexibility index (Phi) is 3.80. The molecule has 1 aromatic heterocycles. The molecule has 2 aromatic rings. The minimum absolute atomic E-state index is 0.274. The van der Waals surface area contributed by atoms with Gasteiger partial charge in [-0.1, -0.05) is 39.0 Å². The Labute approximate surface area is 119 Å². The second-order valence-electron chi connectivity index (χ2n) is 6.40. The maximum absolute atomic E-state index is 11.6. The number of carboxylic acids is 1. The van der Waals surface area contributed by atoms with Crippen LogP contribution in [0.2, 0.25) is 0 Å². The number of aryl methyl sites for hydroxylation is 1. The molecule has 0 fully saturated rings. The molecule has 0 saturated heterocycles. The molecule has 3 nitrogen and oxygen atoms in total. The van der Waals surface area contributed by atoms with Gasteiger partial charge in [-0.05, 0) is 36.5 Å². The van der Waals surface area contributed by atoms with E-state index in [2.05, 4.69) is 4.98 Å². The molecule has 0 aliphatic heterocycles. The Hall–Kier alpha value is -1.90. The summed E-state index contributed by atoms with van der Waals surface area (Å²) in [6.45, 7) is 7.87. The van der Waals surface area contributed by atoms with E-state index in [1.54, 1.807) is 0 Å². The first-order valence-corrected chi connectivity index (χ1v) is 6.87. The number of aromatic nitrogens is 1. The molecule has 0 radical (unpaired) electrons. The third-order valence-electron chi connectivity index (χ3n) is 3.70. The van der Waals surface area contributed by atoms with Crippen molar-refractivity contribution in [2.45, 2.75) is 34.1 Å². The number of aliphatic carboxylic acids is 1. The van der Waals surface area contributed by atoms with Crippen molar-refractivity contribution in [3.63, 3.8) is 0 Å². The van der Waals surface area contributed by atoms with Crippen LogP contribution in [0.15, 0.2) is 30.3 Å². The number of hydrogen-bond acceptors (Lipinski definition) is 2. The van der Waals surface area contributed by atoms with Gasteiger partial charge in [-0.2, -0.15) is 0 Å². The van der Waals surface area contributed by atoms with E-state index in [0.717, 1.165) is 22.2 Å². The minimum atomic E-state index is -0.740. The van der Waals surface area contributed by atoms with Crippen molar-refractivity contribution >= 4 is 16.9 Å². The molecule has 0 aliphatic carbocycles. The maximum Gasteiger partial charge on any atom is 0.307 e. The van der Waals surface area contributed by atoms with Crippen molar-refractivity contribution in [2.75, 3.05) is 0 Å². The first-order chi connectivity index (χ1) is 9.29. The van der Waals surface area contributed by atoms with Crippen molar-refractivity contribution in [3.8, 4) is 0 Å². The Bertz CT molecular complexity index is 641. The van der Waals surface area contributed by atoms with E-state index < -0.39 is 11.9 Å². The molecular formula is C17H21NO2. The molecule has 106 valence electrons. The number of nitrogens with zero attached hydrogens (tertiary/aromatic N) is 1. The zero-order valence-corrected chi connectivity index (χ0v) is 12.5. The Balaban J connectivity index is 2.50. The smallest absolute Gasteiger partial charge is 0.307 e. The Morgan fingerprint density at radius 1 is 1.30 bits per heavy atom. The highest BCUT2D eigenvalue weighted by Crippen LogP contribution is 2.31. The van der Waals surface area contributed by atoms with Gasteiger partial charge in [0.1, 0.15) is 0 Å². The first kappa shape index (κ1) is 14.5. The monoisotopic (exact) mass is 271 g/mol. The highest BCUT2D eigenvalue weighted by Gasteiger charge is 2.31. The van der Waals surface area contributed by atoms with Crippen LogP contribution in [0, 0.1) is 18.3 Å². The van der Waals surface area contributed by atoms with Gasteiger partial charge in [-0.3, -0.25) is 9.78 Å². The highest BCUT2D eigenvalue weighted by molar-refractivity contribution is 5.83. The molecule has 1 unspecified atom stereocenters. The molecule has 2 rings (SSSR count). The largest absolute Gasteiger partial charge is 0.481 e. The van der Waals surface area contributed by atoms with E-state index in [1.165, 1.54) is 0 Å². The van der Waals surface area contributed by atoms with Crippen LogP contribution < -0.4 is 0 Å². The van der Waals surface area contributed by atoms with Gasteiger partial charge in [0.25, 0.3) is 0 Å². The van der Waals surface area contributed by atoms with Crippen molar-refractivity contribution in [2.24, 2.45) is 11.3 Å². The molecule has 3 heteroatoms. The molecule has 1 aromatic carbocycles. The minimum Gasteiger partial charge on any atom is -0.481 e. The van der Waals surface area contributed by atoms with Gasteiger partial charge in [-0.25, -0.2) is 0 Å². The SMILES string of the molecule is Cc1cc(CC(C(=O)O)C(C)(C)C)c2ccccc2n1. The number of para-hydroxylation sites is 1. The van der Waals surface area contributed by atoms with Gasteiger partial charge in [0.05, 0.1) is 11.4 Å². The van der Waals surface area contributed by atoms with E-state index in [-0.39, 0.29) is 5.41 Å². The highest BCUT2D eigenvalue weighted by atomic mass is 16.4. The van der Waals surface area contributed by atoms with Crippen LogP contribution in [0.25, 0.3) is 10.9 Å². The van der Waals surface area contributed by atoms with Gasteiger partial charge in [0.2, 0.25) is 0 Å². The van der Waals surface area contributed by atoms with Gasteiger partial charge < -0.3 is 5.11 Å². The number of rotatable bonds is 3. The number of hydrogen-bond donors (Lipinski definition) is 1. The van der Waals surface area contributed by atoms with Crippen LogP contribution in [-0.2, 0) is 11.2 Å². The molecule has 1 atom stereocenters. The number of benzene rings is 1. The van der Waals surface area contributed by atoms with Crippen molar-refractivity contribution in [1.82, 2.24) is 4.98 Å². The quantitative estimate of drug-likeness (QED) is 0.923. The summed E-state index contributed by atoms with van der Waals surface area (Å²) in [7, 11) is 0. The summed E-state index contributed by atoms with van der Waals surface area (Å²) >= 11 is 0. The summed E-state index contributed by atoms with van der Waals surface area (Å²) < 4.78 is 0. The van der Waals surface area contributed by atoms with Gasteiger partial charge in [-0.15, -0.1) is 0 Å². The standard InChI is InChI=1S/C17H21NO2/c1-11-9-12(10-14(16(19)20)17(2,3)4)13-7-5-6-8-15(13)18-11/h5-9,14H,10H2,1-4H3,(H,19,20). The second kappa shape index (κ2) is 5.23. The van der Waals surface area contributed by atoms with Gasteiger partial charge in [0, 0.05) is 11.1 Å². The third-order valence-corrected chi connectivity index (χ3v) is 3.70. The fourth-order valence-corrected chi connectivity index (χ4v) is 2.55. The summed E-state index contributed by atoms with van der Waals surface area (Å²) in [4.78, 5) is 16.1. The van der Waals surface area contributed by atoms with Crippen molar-refractivity contribution in [1.29, 1.82) is 0 Å².